The lowest BCUT2D eigenvalue weighted by molar-refractivity contribution is -0.123. The highest BCUT2D eigenvalue weighted by Gasteiger charge is 2.19. The Hall–Kier alpha value is -1.13. The maximum absolute atomic E-state index is 12.3. The molecule has 0 saturated carbocycles. The summed E-state index contributed by atoms with van der Waals surface area (Å²) in [7, 11) is 0. The Morgan fingerprint density at radius 1 is 0.490 bits per heavy atom. The fraction of sp³-hybridized carbons (Fsp3) is 0.889. The number of nitrogens with one attached hydrogen (secondary N) is 1. The van der Waals surface area contributed by atoms with Crippen LogP contribution < -0.4 is 5.32 Å². The van der Waals surface area contributed by atoms with Crippen molar-refractivity contribution >= 4 is 5.91 Å². The zero-order valence-corrected chi connectivity index (χ0v) is 33.2. The Kier molecular flexibility index (Phi) is 40.3. The average Bonchev–Trinajstić information content (AvgIpc) is 3.10. The first-order chi connectivity index (χ1) is 24.2. The largest absolute Gasteiger partial charge is 0.394 e. The van der Waals surface area contributed by atoms with Crippen LogP contribution in [0.4, 0.5) is 0 Å². The number of hydrogen-bond donors (Lipinski definition) is 3. The molecule has 0 spiro atoms. The van der Waals surface area contributed by atoms with Crippen molar-refractivity contribution in [2.75, 3.05) is 6.61 Å². The molecule has 4 heteroatoms. The van der Waals surface area contributed by atoms with Gasteiger partial charge in [-0.3, -0.25) is 4.79 Å². The smallest absolute Gasteiger partial charge is 0.220 e. The van der Waals surface area contributed by atoms with Gasteiger partial charge in [-0.15, -0.1) is 0 Å². The fourth-order valence-electron chi connectivity index (χ4n) is 6.82. The van der Waals surface area contributed by atoms with E-state index in [9.17, 15) is 15.0 Å². The summed E-state index contributed by atoms with van der Waals surface area (Å²) in [5.41, 5.74) is 0. The van der Waals surface area contributed by atoms with Gasteiger partial charge in [-0.05, 0) is 32.1 Å². The van der Waals surface area contributed by atoms with E-state index in [-0.39, 0.29) is 12.5 Å². The summed E-state index contributed by atoms with van der Waals surface area (Å²) in [6.45, 7) is 4.33. The Morgan fingerprint density at radius 3 is 1.22 bits per heavy atom. The highest BCUT2D eigenvalue weighted by molar-refractivity contribution is 5.76. The average molecular weight is 690 g/mol. The lowest BCUT2D eigenvalue weighted by Crippen LogP contribution is -2.45. The normalized spacial score (nSPS) is 13.1. The van der Waals surface area contributed by atoms with Crippen molar-refractivity contribution in [3.05, 3.63) is 24.3 Å². The maximum atomic E-state index is 12.3. The molecule has 49 heavy (non-hydrogen) atoms. The standard InChI is InChI=1S/C45H87NO3/c1-3-5-7-9-11-13-15-17-18-19-20-21-22-23-24-25-26-27-29-30-32-34-36-38-40-44(48)43(42-47)46-45(49)41-39-37-35-33-31-28-16-14-12-10-8-6-4-2/h28,31,35,37,43-44,47-48H,3-27,29-30,32-34,36,38-42H2,1-2H3,(H,46,49)/b31-28-,37-35-. The molecule has 0 aliphatic rings. The number of aliphatic hydroxyl groups excluding tert-OH is 2. The summed E-state index contributed by atoms with van der Waals surface area (Å²) >= 11 is 0. The number of amides is 1. The third kappa shape index (κ3) is 37.9. The SMILES string of the molecule is CCCCCCCC/C=C\C/C=C\CCC(=O)NC(CO)C(O)CCCCCCCCCCCCCCCCCCCCCCCCCC. The van der Waals surface area contributed by atoms with E-state index in [1.165, 1.54) is 180 Å². The van der Waals surface area contributed by atoms with Crippen LogP contribution in [-0.4, -0.2) is 34.9 Å². The molecule has 2 atom stereocenters. The second-order valence-electron chi connectivity index (χ2n) is 15.1. The van der Waals surface area contributed by atoms with Gasteiger partial charge in [-0.2, -0.15) is 0 Å². The second kappa shape index (κ2) is 41.3. The fourth-order valence-corrected chi connectivity index (χ4v) is 6.82. The summed E-state index contributed by atoms with van der Waals surface area (Å²) in [5, 5.41) is 23.1. The van der Waals surface area contributed by atoms with Crippen molar-refractivity contribution in [2.45, 2.75) is 251 Å². The Labute approximate surface area is 307 Å². The van der Waals surface area contributed by atoms with E-state index in [0.717, 1.165) is 25.7 Å². The van der Waals surface area contributed by atoms with Crippen LogP contribution in [0.25, 0.3) is 0 Å². The van der Waals surface area contributed by atoms with Crippen LogP contribution in [0.15, 0.2) is 24.3 Å². The minimum Gasteiger partial charge on any atom is -0.394 e. The van der Waals surface area contributed by atoms with E-state index in [1.807, 2.05) is 0 Å². The molecule has 0 rings (SSSR count). The van der Waals surface area contributed by atoms with E-state index >= 15 is 0 Å². The van der Waals surface area contributed by atoms with Gasteiger partial charge in [0.25, 0.3) is 0 Å². The maximum Gasteiger partial charge on any atom is 0.220 e. The highest BCUT2D eigenvalue weighted by Crippen LogP contribution is 2.16. The first-order valence-electron chi connectivity index (χ1n) is 22.0. The molecule has 3 N–H and O–H groups in total. The third-order valence-corrected chi connectivity index (χ3v) is 10.2. The molecular formula is C45H87NO3. The van der Waals surface area contributed by atoms with Crippen LogP contribution in [0, 0.1) is 0 Å². The van der Waals surface area contributed by atoms with Crippen molar-refractivity contribution in [1.82, 2.24) is 5.32 Å². The Balaban J connectivity index is 3.50. The minimum absolute atomic E-state index is 0.0963. The van der Waals surface area contributed by atoms with Crippen LogP contribution in [0.1, 0.15) is 239 Å². The van der Waals surface area contributed by atoms with Gasteiger partial charge in [0.2, 0.25) is 5.91 Å². The van der Waals surface area contributed by atoms with E-state index in [4.69, 9.17) is 0 Å². The van der Waals surface area contributed by atoms with E-state index in [0.29, 0.717) is 19.3 Å². The van der Waals surface area contributed by atoms with E-state index in [2.05, 4.69) is 43.5 Å². The van der Waals surface area contributed by atoms with Crippen LogP contribution in [0.2, 0.25) is 0 Å². The molecule has 0 bridgehead atoms. The third-order valence-electron chi connectivity index (χ3n) is 10.2. The van der Waals surface area contributed by atoms with Gasteiger partial charge in [0.05, 0.1) is 18.8 Å². The van der Waals surface area contributed by atoms with E-state index < -0.39 is 12.1 Å². The predicted octanol–water partition coefficient (Wildman–Crippen LogP) is 13.6. The number of carbonyl (C=O) groups excluding carboxylic acids is 1. The second-order valence-corrected chi connectivity index (χ2v) is 15.1. The molecular weight excluding hydrogens is 602 g/mol. The zero-order chi connectivity index (χ0) is 35.7. The summed E-state index contributed by atoms with van der Waals surface area (Å²) in [6, 6.07) is -0.564. The predicted molar refractivity (Wildman–Crippen MR) is 216 cm³/mol. The number of carbonyl (C=O) groups is 1. The molecule has 1 amide bonds. The number of unbranched alkanes of at least 4 members (excludes halogenated alkanes) is 29. The van der Waals surface area contributed by atoms with Crippen molar-refractivity contribution in [3.63, 3.8) is 0 Å². The number of hydrogen-bond acceptors (Lipinski definition) is 3. The Bertz CT molecular complexity index is 705. The molecule has 0 radical (unpaired) electrons. The lowest BCUT2D eigenvalue weighted by Gasteiger charge is -2.22. The molecule has 290 valence electrons. The molecule has 0 aromatic rings. The molecule has 0 heterocycles. The van der Waals surface area contributed by atoms with Gasteiger partial charge in [-0.25, -0.2) is 0 Å². The molecule has 4 nitrogen and oxygen atoms in total. The number of rotatable bonds is 40. The number of aliphatic hydroxyl groups is 2. The quantitative estimate of drug-likeness (QED) is 0.0443. The van der Waals surface area contributed by atoms with Gasteiger partial charge in [0.15, 0.2) is 0 Å². The van der Waals surface area contributed by atoms with Crippen LogP contribution in [0.3, 0.4) is 0 Å². The van der Waals surface area contributed by atoms with Crippen molar-refractivity contribution in [1.29, 1.82) is 0 Å². The van der Waals surface area contributed by atoms with Gasteiger partial charge in [-0.1, -0.05) is 224 Å². The highest BCUT2D eigenvalue weighted by atomic mass is 16.3. The first-order valence-corrected chi connectivity index (χ1v) is 22.0. The molecule has 0 saturated heterocycles. The molecule has 0 aliphatic carbocycles. The summed E-state index contributed by atoms with van der Waals surface area (Å²) < 4.78 is 0. The van der Waals surface area contributed by atoms with Gasteiger partial charge >= 0.3 is 0 Å². The van der Waals surface area contributed by atoms with Crippen molar-refractivity contribution in [2.24, 2.45) is 0 Å². The molecule has 0 aromatic heterocycles. The van der Waals surface area contributed by atoms with Crippen LogP contribution in [0.5, 0.6) is 0 Å². The van der Waals surface area contributed by atoms with Gasteiger partial charge < -0.3 is 15.5 Å². The molecule has 0 aliphatic heterocycles. The molecule has 0 aromatic carbocycles. The molecule has 2 unspecified atom stereocenters. The van der Waals surface area contributed by atoms with Crippen LogP contribution in [-0.2, 0) is 4.79 Å². The van der Waals surface area contributed by atoms with E-state index in [1.54, 1.807) is 0 Å². The monoisotopic (exact) mass is 690 g/mol. The van der Waals surface area contributed by atoms with Gasteiger partial charge in [0, 0.05) is 6.42 Å². The van der Waals surface area contributed by atoms with Gasteiger partial charge in [0.1, 0.15) is 0 Å². The topological polar surface area (TPSA) is 69.6 Å². The first kappa shape index (κ1) is 47.9. The molecule has 0 fully saturated rings. The van der Waals surface area contributed by atoms with Crippen LogP contribution >= 0.6 is 0 Å². The lowest BCUT2D eigenvalue weighted by atomic mass is 10.0. The summed E-state index contributed by atoms with van der Waals surface area (Å²) in [4.78, 5) is 12.3. The summed E-state index contributed by atoms with van der Waals surface area (Å²) in [6.07, 6.45) is 52.8. The zero-order valence-electron chi connectivity index (χ0n) is 33.2. The Morgan fingerprint density at radius 2 is 0.837 bits per heavy atom. The van der Waals surface area contributed by atoms with Crippen molar-refractivity contribution < 1.29 is 15.0 Å². The number of allylic oxidation sites excluding steroid dienone is 4. The summed E-state index contributed by atoms with van der Waals surface area (Å²) in [5.74, 6) is -0.0963. The van der Waals surface area contributed by atoms with Crippen molar-refractivity contribution in [3.8, 4) is 0 Å². The minimum atomic E-state index is -0.680.